The van der Waals surface area contributed by atoms with E-state index in [1.165, 1.54) is 145 Å². The van der Waals surface area contributed by atoms with Crippen LogP contribution in [0.2, 0.25) is 0 Å². The van der Waals surface area contributed by atoms with Crippen molar-refractivity contribution in [2.75, 3.05) is 13.2 Å². The van der Waals surface area contributed by atoms with Crippen LogP contribution >= 0.6 is 0 Å². The molecule has 0 aliphatic carbocycles. The first-order chi connectivity index (χ1) is 22.6. The first-order valence-corrected chi connectivity index (χ1v) is 20.6. The van der Waals surface area contributed by atoms with Crippen molar-refractivity contribution in [3.05, 3.63) is 27.8 Å². The highest BCUT2D eigenvalue weighted by atomic mass is 16.5. The van der Waals surface area contributed by atoms with Crippen LogP contribution in [0.25, 0.3) is 0 Å². The highest BCUT2D eigenvalue weighted by Gasteiger charge is 2.29. The average Bonchev–Trinajstić information content (AvgIpc) is 3.06. The molecule has 0 aliphatic rings. The molecule has 1 aromatic rings. The predicted molar refractivity (Wildman–Crippen MR) is 202 cm³/mol. The van der Waals surface area contributed by atoms with E-state index in [1.54, 1.807) is 5.56 Å². The zero-order valence-corrected chi connectivity index (χ0v) is 31.9. The van der Waals surface area contributed by atoms with Crippen molar-refractivity contribution in [2.45, 2.75) is 221 Å². The van der Waals surface area contributed by atoms with Crippen molar-refractivity contribution in [1.29, 1.82) is 0 Å². The van der Waals surface area contributed by atoms with E-state index in [0.717, 1.165) is 62.7 Å². The second kappa shape index (κ2) is 29.6. The van der Waals surface area contributed by atoms with Crippen molar-refractivity contribution in [3.63, 3.8) is 0 Å². The zero-order valence-electron chi connectivity index (χ0n) is 31.9. The molecular weight excluding hydrogens is 564 g/mol. The molecule has 0 unspecified atom stereocenters. The van der Waals surface area contributed by atoms with Gasteiger partial charge in [0.15, 0.2) is 0 Å². The number of rotatable bonds is 32. The maximum absolute atomic E-state index is 14.3. The summed E-state index contributed by atoms with van der Waals surface area (Å²) in [6.45, 7) is 14.9. The van der Waals surface area contributed by atoms with Gasteiger partial charge in [0.25, 0.3) is 0 Å². The minimum Gasteiger partial charge on any atom is -0.492 e. The van der Waals surface area contributed by atoms with Crippen LogP contribution < -0.4 is 4.74 Å². The largest absolute Gasteiger partial charge is 0.492 e. The molecule has 0 amide bonds. The van der Waals surface area contributed by atoms with Crippen LogP contribution in [0, 0.1) is 0 Å². The maximum atomic E-state index is 14.3. The summed E-state index contributed by atoms with van der Waals surface area (Å²) in [5, 5.41) is 0. The molecule has 0 saturated heterocycles. The molecule has 0 heterocycles. The average molecular weight is 643 g/mol. The van der Waals surface area contributed by atoms with E-state index in [9.17, 15) is 4.79 Å². The first-order valence-electron chi connectivity index (χ1n) is 20.6. The minimum absolute atomic E-state index is 0.118. The number of ether oxygens (including phenoxy) is 2. The smallest absolute Gasteiger partial charge is 0.342 e. The maximum Gasteiger partial charge on any atom is 0.342 e. The lowest BCUT2D eigenvalue weighted by molar-refractivity contribution is 0.0491. The van der Waals surface area contributed by atoms with Gasteiger partial charge in [-0.05, 0) is 86.5 Å². The van der Waals surface area contributed by atoms with Gasteiger partial charge >= 0.3 is 5.97 Å². The van der Waals surface area contributed by atoms with Crippen LogP contribution in [-0.2, 0) is 30.4 Å². The summed E-state index contributed by atoms with van der Waals surface area (Å²) >= 11 is 0. The molecule has 0 aliphatic heterocycles. The first kappa shape index (κ1) is 42.5. The van der Waals surface area contributed by atoms with Crippen molar-refractivity contribution in [2.24, 2.45) is 0 Å². The summed E-state index contributed by atoms with van der Waals surface area (Å²) in [5.41, 5.74) is 6.53. The lowest BCUT2D eigenvalue weighted by Crippen LogP contribution is -2.19. The van der Waals surface area contributed by atoms with E-state index in [0.29, 0.717) is 13.2 Å². The molecule has 1 rings (SSSR count). The second-order valence-corrected chi connectivity index (χ2v) is 14.0. The Morgan fingerprint density at radius 1 is 0.391 bits per heavy atom. The lowest BCUT2D eigenvalue weighted by Gasteiger charge is -2.27. The molecule has 46 heavy (non-hydrogen) atoms. The van der Waals surface area contributed by atoms with Crippen LogP contribution in [0.1, 0.15) is 228 Å². The highest BCUT2D eigenvalue weighted by molar-refractivity contribution is 5.96. The zero-order chi connectivity index (χ0) is 33.7. The Hall–Kier alpha value is -1.51. The Morgan fingerprint density at radius 2 is 0.739 bits per heavy atom. The second-order valence-electron chi connectivity index (χ2n) is 14.0. The van der Waals surface area contributed by atoms with Crippen LogP contribution in [0.3, 0.4) is 0 Å². The summed E-state index contributed by atoms with van der Waals surface area (Å²) in [7, 11) is 0. The van der Waals surface area contributed by atoms with Crippen LogP contribution in [0.4, 0.5) is 0 Å². The normalized spacial score (nSPS) is 11.3. The number of hydrogen-bond donors (Lipinski definition) is 0. The summed E-state index contributed by atoms with van der Waals surface area (Å²) in [4.78, 5) is 14.3. The van der Waals surface area contributed by atoms with Gasteiger partial charge in [-0.25, -0.2) is 4.79 Å². The van der Waals surface area contributed by atoms with Crippen molar-refractivity contribution in [3.8, 4) is 5.75 Å². The molecule has 0 fully saturated rings. The van der Waals surface area contributed by atoms with Gasteiger partial charge in [0.1, 0.15) is 11.3 Å². The molecule has 1 aromatic carbocycles. The fourth-order valence-corrected chi connectivity index (χ4v) is 6.84. The van der Waals surface area contributed by atoms with Gasteiger partial charge in [-0.15, -0.1) is 0 Å². The molecular formula is C43H78O3. The summed E-state index contributed by atoms with van der Waals surface area (Å²) in [6.07, 6.45) is 33.1. The van der Waals surface area contributed by atoms with Crippen LogP contribution in [0.5, 0.6) is 5.75 Å². The van der Waals surface area contributed by atoms with E-state index in [2.05, 4.69) is 41.5 Å². The van der Waals surface area contributed by atoms with E-state index in [4.69, 9.17) is 9.47 Å². The Balaban J connectivity index is 3.83. The monoisotopic (exact) mass is 643 g/mol. The lowest BCUT2D eigenvalue weighted by atomic mass is 9.82. The van der Waals surface area contributed by atoms with Crippen molar-refractivity contribution in [1.82, 2.24) is 0 Å². The van der Waals surface area contributed by atoms with Gasteiger partial charge in [0.2, 0.25) is 0 Å². The molecule has 0 saturated carbocycles. The highest BCUT2D eigenvalue weighted by Crippen LogP contribution is 2.39. The Morgan fingerprint density at radius 3 is 1.17 bits per heavy atom. The third-order valence-corrected chi connectivity index (χ3v) is 9.70. The molecule has 0 bridgehead atoms. The summed E-state index contributed by atoms with van der Waals surface area (Å²) in [6, 6.07) is 0. The number of carbonyl (C=O) groups is 1. The topological polar surface area (TPSA) is 35.5 Å². The Bertz CT molecular complexity index is 874. The fourth-order valence-electron chi connectivity index (χ4n) is 6.84. The summed E-state index contributed by atoms with van der Waals surface area (Å²) in [5.74, 6) is 0.799. The minimum atomic E-state index is -0.118. The summed E-state index contributed by atoms with van der Waals surface area (Å²) < 4.78 is 13.0. The number of unbranched alkanes of at least 4 members (excludes halogenated alkanes) is 18. The number of esters is 1. The Labute approximate surface area is 287 Å². The standard InChI is InChI=1S/C43H78O3/c1-7-13-19-25-31-37-38(32-26-20-14-8-2)40(34-28-22-16-10-4)42(45-35-29-23-17-11-5)41(39(37)33-27-21-15-9-3)43(44)46-36-30-24-18-12-6/h7-36H2,1-6H3. The van der Waals surface area contributed by atoms with Crippen LogP contribution in [-0.4, -0.2) is 19.2 Å². The molecule has 0 aromatic heterocycles. The molecule has 3 heteroatoms. The Kier molecular flexibility index (Phi) is 27.4. The SMILES string of the molecule is CCCCCCOC(=O)c1c(CCCCCC)c(CCCCCC)c(CCCCCC)c(CCCCCC)c1OCCCCCC. The third-order valence-electron chi connectivity index (χ3n) is 9.70. The molecule has 0 atom stereocenters. The van der Waals surface area contributed by atoms with Gasteiger partial charge in [0.05, 0.1) is 13.2 Å². The van der Waals surface area contributed by atoms with Gasteiger partial charge < -0.3 is 9.47 Å². The third kappa shape index (κ3) is 17.6. The number of carbonyl (C=O) groups excluding carboxylic acids is 1. The van der Waals surface area contributed by atoms with Gasteiger partial charge in [-0.3, -0.25) is 0 Å². The molecule has 0 spiro atoms. The van der Waals surface area contributed by atoms with E-state index in [-0.39, 0.29) is 5.97 Å². The van der Waals surface area contributed by atoms with Gasteiger partial charge in [-0.2, -0.15) is 0 Å². The molecule has 0 radical (unpaired) electrons. The van der Waals surface area contributed by atoms with Crippen molar-refractivity contribution < 1.29 is 14.3 Å². The number of hydrogen-bond acceptors (Lipinski definition) is 3. The molecule has 0 N–H and O–H groups in total. The van der Waals surface area contributed by atoms with Gasteiger partial charge in [-0.1, -0.05) is 157 Å². The van der Waals surface area contributed by atoms with Crippen LogP contribution in [0.15, 0.2) is 0 Å². The number of benzene rings is 1. The predicted octanol–water partition coefficient (Wildman–Crippen LogP) is 13.9. The van der Waals surface area contributed by atoms with Gasteiger partial charge in [0, 0.05) is 0 Å². The van der Waals surface area contributed by atoms with E-state index < -0.39 is 0 Å². The molecule has 3 nitrogen and oxygen atoms in total. The van der Waals surface area contributed by atoms with Crippen molar-refractivity contribution >= 4 is 5.97 Å². The van der Waals surface area contributed by atoms with E-state index in [1.807, 2.05) is 0 Å². The van der Waals surface area contributed by atoms with E-state index >= 15 is 0 Å². The molecule has 268 valence electrons. The quantitative estimate of drug-likeness (QED) is 0.0579. The fraction of sp³-hybridized carbons (Fsp3) is 0.837.